The fraction of sp³-hybridized carbons (Fsp3) is 0.212. The predicted octanol–water partition coefficient (Wildman–Crippen LogP) is 4.83. The molecule has 0 spiro atoms. The highest BCUT2D eigenvalue weighted by Crippen LogP contribution is 2.46. The quantitative estimate of drug-likeness (QED) is 0.280. The molecule has 6 aromatic rings. The molecule has 0 bridgehead atoms. The van der Waals surface area contributed by atoms with Crippen LogP contribution in [0.2, 0.25) is 0 Å². The van der Waals surface area contributed by atoms with Crippen LogP contribution in [0, 0.1) is 0 Å². The Balaban J connectivity index is 1.25. The fourth-order valence-electron chi connectivity index (χ4n) is 6.94. The Kier molecular flexibility index (Phi) is 5.30. The molecule has 210 valence electrons. The minimum absolute atomic E-state index is 0.0822. The number of carbonyl (C=O) groups is 2. The van der Waals surface area contributed by atoms with E-state index in [1.54, 1.807) is 7.11 Å². The van der Waals surface area contributed by atoms with E-state index < -0.39 is 11.7 Å². The van der Waals surface area contributed by atoms with Crippen molar-refractivity contribution in [3.8, 4) is 5.75 Å². The van der Waals surface area contributed by atoms with Crippen molar-refractivity contribution in [2.75, 3.05) is 13.7 Å². The van der Waals surface area contributed by atoms with E-state index in [1.165, 1.54) is 0 Å². The van der Waals surface area contributed by atoms with Crippen LogP contribution in [0.5, 0.6) is 5.75 Å². The van der Waals surface area contributed by atoms with Crippen molar-refractivity contribution in [2.24, 2.45) is 0 Å². The van der Waals surface area contributed by atoms with Crippen LogP contribution < -0.4 is 15.4 Å². The maximum absolute atomic E-state index is 13.3. The molecule has 0 fully saturated rings. The van der Waals surface area contributed by atoms with Gasteiger partial charge in [-0.05, 0) is 23.8 Å². The summed E-state index contributed by atoms with van der Waals surface area (Å²) in [7, 11) is 1.58. The third-order valence-electron chi connectivity index (χ3n) is 8.66. The standard InChI is InChI=1S/C33H28N4O5/c1-41-25-13-7-2-8-19(25)14-35-32(39)42-18-33(40)16-36-23-11-5-3-9-20(23)26-22-15-34-31(38)28(22)27-21-10-4-6-12-24(21)37(17-33)30(27)29(26)36/h2-13,40H,14-18H2,1H3,(H,34,38)(H,35,39). The number of methoxy groups -OCH3 is 1. The number of benzene rings is 4. The highest BCUT2D eigenvalue weighted by molar-refractivity contribution is 6.30. The van der Waals surface area contributed by atoms with Crippen LogP contribution in [0.3, 0.4) is 0 Å². The number of alkyl carbamates (subject to hydrolysis) is 1. The smallest absolute Gasteiger partial charge is 0.407 e. The lowest BCUT2D eigenvalue weighted by Crippen LogP contribution is -2.44. The van der Waals surface area contributed by atoms with Crippen LogP contribution in [0.15, 0.2) is 72.8 Å². The maximum atomic E-state index is 13.3. The second-order valence-corrected chi connectivity index (χ2v) is 11.2. The minimum Gasteiger partial charge on any atom is -0.496 e. The SMILES string of the molecule is COc1ccccc1CNC(=O)OCC1(O)Cn2c3ccccc3c3c4c(c5c6ccccc6n(c5c32)C1)C(=O)NC4. The monoisotopic (exact) mass is 560 g/mol. The van der Waals surface area contributed by atoms with E-state index in [0.717, 1.165) is 54.7 Å². The first kappa shape index (κ1) is 24.8. The topological polar surface area (TPSA) is 107 Å². The second-order valence-electron chi connectivity index (χ2n) is 11.2. The van der Waals surface area contributed by atoms with Crippen molar-refractivity contribution < 1.29 is 24.2 Å². The van der Waals surface area contributed by atoms with Gasteiger partial charge in [0.15, 0.2) is 0 Å². The number of rotatable bonds is 5. The summed E-state index contributed by atoms with van der Waals surface area (Å²) < 4.78 is 15.3. The predicted molar refractivity (Wildman–Crippen MR) is 160 cm³/mol. The van der Waals surface area contributed by atoms with Gasteiger partial charge in [-0.15, -0.1) is 0 Å². The second kappa shape index (κ2) is 8.99. The number of nitrogens with one attached hydrogen (secondary N) is 2. The Labute approximate surface area is 240 Å². The summed E-state index contributed by atoms with van der Waals surface area (Å²) in [5, 5.41) is 21.9. The van der Waals surface area contributed by atoms with Crippen LogP contribution in [-0.4, -0.2) is 45.6 Å². The Hall–Kier alpha value is -5.02. The lowest BCUT2D eigenvalue weighted by Gasteiger charge is -2.28. The van der Waals surface area contributed by atoms with E-state index in [0.29, 0.717) is 17.9 Å². The van der Waals surface area contributed by atoms with Gasteiger partial charge in [0.1, 0.15) is 18.0 Å². The van der Waals surface area contributed by atoms with E-state index in [4.69, 9.17) is 9.47 Å². The zero-order chi connectivity index (χ0) is 28.6. The third-order valence-corrected chi connectivity index (χ3v) is 8.66. The van der Waals surface area contributed by atoms with E-state index in [1.807, 2.05) is 66.7 Å². The van der Waals surface area contributed by atoms with Crippen molar-refractivity contribution in [1.29, 1.82) is 0 Å². The van der Waals surface area contributed by atoms with E-state index in [-0.39, 0.29) is 32.1 Å². The highest BCUT2D eigenvalue weighted by atomic mass is 16.6. The number of carbonyl (C=O) groups excluding carboxylic acids is 2. The molecular formula is C33H28N4O5. The van der Waals surface area contributed by atoms with Crippen molar-refractivity contribution in [1.82, 2.24) is 19.8 Å². The molecule has 4 aromatic carbocycles. The van der Waals surface area contributed by atoms with Crippen LogP contribution in [0.25, 0.3) is 43.6 Å². The molecule has 0 aliphatic carbocycles. The average molecular weight is 561 g/mol. The molecule has 1 atom stereocenters. The van der Waals surface area contributed by atoms with Gasteiger partial charge < -0.3 is 34.3 Å². The average Bonchev–Trinajstić information content (AvgIpc) is 3.62. The van der Waals surface area contributed by atoms with Crippen molar-refractivity contribution in [2.45, 2.75) is 31.8 Å². The summed E-state index contributed by atoms with van der Waals surface area (Å²) in [6.45, 7) is 0.852. The minimum atomic E-state index is -1.43. The number of nitrogens with zero attached hydrogens (tertiary/aromatic N) is 2. The van der Waals surface area contributed by atoms with Crippen molar-refractivity contribution in [3.63, 3.8) is 0 Å². The molecule has 3 N–H and O–H groups in total. The van der Waals surface area contributed by atoms with Crippen molar-refractivity contribution >= 4 is 55.6 Å². The Morgan fingerprint density at radius 2 is 1.55 bits per heavy atom. The van der Waals surface area contributed by atoms with E-state index >= 15 is 0 Å². The lowest BCUT2D eigenvalue weighted by atomic mass is 9.97. The van der Waals surface area contributed by atoms with Crippen LogP contribution in [0.4, 0.5) is 4.79 Å². The fourth-order valence-corrected chi connectivity index (χ4v) is 6.94. The number of para-hydroxylation sites is 3. The first-order chi connectivity index (χ1) is 20.5. The van der Waals surface area contributed by atoms with Crippen LogP contribution >= 0.6 is 0 Å². The van der Waals surface area contributed by atoms with Crippen molar-refractivity contribution in [3.05, 3.63) is 89.5 Å². The molecule has 0 saturated carbocycles. The van der Waals surface area contributed by atoms with Gasteiger partial charge >= 0.3 is 6.09 Å². The molecule has 2 aliphatic heterocycles. The zero-order valence-corrected chi connectivity index (χ0v) is 22.9. The molecule has 2 amide bonds. The number of fused-ring (bicyclic) bond motifs is 9. The molecule has 9 heteroatoms. The van der Waals surface area contributed by atoms with E-state index in [9.17, 15) is 14.7 Å². The molecule has 8 rings (SSSR count). The van der Waals surface area contributed by atoms with Gasteiger partial charge in [-0.25, -0.2) is 4.79 Å². The Morgan fingerprint density at radius 3 is 2.26 bits per heavy atom. The molecule has 1 unspecified atom stereocenters. The number of ether oxygens (including phenoxy) is 2. The molecule has 2 aromatic heterocycles. The van der Waals surface area contributed by atoms with Crippen LogP contribution in [0.1, 0.15) is 21.5 Å². The van der Waals surface area contributed by atoms with Gasteiger partial charge in [-0.2, -0.15) is 0 Å². The molecule has 9 nitrogen and oxygen atoms in total. The number of aromatic nitrogens is 2. The summed E-state index contributed by atoms with van der Waals surface area (Å²) in [6.07, 6.45) is -0.628. The molecular weight excluding hydrogens is 532 g/mol. The van der Waals surface area contributed by atoms with Gasteiger partial charge in [-0.3, -0.25) is 4.79 Å². The number of amides is 2. The summed E-state index contributed by atoms with van der Waals surface area (Å²) >= 11 is 0. The molecule has 2 aliphatic rings. The summed E-state index contributed by atoms with van der Waals surface area (Å²) in [5.41, 5.74) is 4.84. The summed E-state index contributed by atoms with van der Waals surface area (Å²) in [4.78, 5) is 26.1. The Bertz CT molecular complexity index is 2110. The molecule has 0 saturated heterocycles. The normalized spacial score (nSPS) is 17.6. The van der Waals surface area contributed by atoms with Gasteiger partial charge in [-0.1, -0.05) is 54.6 Å². The first-order valence-electron chi connectivity index (χ1n) is 14.0. The number of aliphatic hydroxyl groups is 1. The molecule has 4 heterocycles. The number of hydrogen-bond acceptors (Lipinski definition) is 5. The van der Waals surface area contributed by atoms with Gasteiger partial charge in [0, 0.05) is 51.2 Å². The summed E-state index contributed by atoms with van der Waals surface area (Å²) in [5.74, 6) is 0.590. The lowest BCUT2D eigenvalue weighted by molar-refractivity contribution is -0.0423. The maximum Gasteiger partial charge on any atom is 0.407 e. The number of hydrogen-bond donors (Lipinski definition) is 3. The van der Waals surface area contributed by atoms with Gasteiger partial charge in [0.2, 0.25) is 0 Å². The Morgan fingerprint density at radius 1 is 0.929 bits per heavy atom. The molecule has 0 radical (unpaired) electrons. The first-order valence-corrected chi connectivity index (χ1v) is 14.0. The highest BCUT2D eigenvalue weighted by Gasteiger charge is 2.39. The van der Waals surface area contributed by atoms with Crippen LogP contribution in [-0.2, 0) is 30.9 Å². The van der Waals surface area contributed by atoms with Gasteiger partial charge in [0.05, 0.1) is 36.8 Å². The molecule has 42 heavy (non-hydrogen) atoms. The van der Waals surface area contributed by atoms with E-state index in [2.05, 4.69) is 25.8 Å². The largest absolute Gasteiger partial charge is 0.496 e. The third kappa shape index (κ3) is 3.46. The summed E-state index contributed by atoms with van der Waals surface area (Å²) in [6, 6.07) is 23.5. The zero-order valence-electron chi connectivity index (χ0n) is 22.9. The van der Waals surface area contributed by atoms with Gasteiger partial charge in [0.25, 0.3) is 5.91 Å².